The molecule has 7 nitrogen and oxygen atoms in total. The van der Waals surface area contributed by atoms with Crippen molar-refractivity contribution < 1.29 is 19.1 Å². The van der Waals surface area contributed by atoms with Crippen molar-refractivity contribution in [3.05, 3.63) is 59.7 Å². The van der Waals surface area contributed by atoms with Gasteiger partial charge in [-0.2, -0.15) is 0 Å². The molecule has 0 aliphatic rings. The van der Waals surface area contributed by atoms with Crippen molar-refractivity contribution in [1.29, 1.82) is 0 Å². The van der Waals surface area contributed by atoms with Crippen molar-refractivity contribution >= 4 is 34.8 Å². The van der Waals surface area contributed by atoms with E-state index in [0.29, 0.717) is 42.3 Å². The van der Waals surface area contributed by atoms with Gasteiger partial charge in [-0.1, -0.05) is 6.07 Å². The highest BCUT2D eigenvalue weighted by Gasteiger charge is 2.10. The molecule has 0 bridgehead atoms. The molecule has 0 spiro atoms. The number of anilines is 1. The molecule has 0 heterocycles. The number of hydrogen-bond acceptors (Lipinski definition) is 5. The minimum absolute atomic E-state index is 0.140. The van der Waals surface area contributed by atoms with Gasteiger partial charge in [0.2, 0.25) is 0 Å². The van der Waals surface area contributed by atoms with E-state index in [4.69, 9.17) is 21.7 Å². The largest absolute Gasteiger partial charge is 0.494 e. The third-order valence-corrected chi connectivity index (χ3v) is 4.05. The molecule has 0 saturated carbocycles. The van der Waals surface area contributed by atoms with Crippen LogP contribution in [0.25, 0.3) is 0 Å². The Morgan fingerprint density at radius 2 is 1.79 bits per heavy atom. The van der Waals surface area contributed by atoms with E-state index in [9.17, 15) is 9.59 Å². The molecule has 0 aromatic heterocycles. The van der Waals surface area contributed by atoms with Gasteiger partial charge in [-0.05, 0) is 68.0 Å². The third-order valence-electron chi connectivity index (χ3n) is 3.85. The van der Waals surface area contributed by atoms with E-state index in [1.54, 1.807) is 55.6 Å². The maximum Gasteiger partial charge on any atom is 0.257 e. The first-order valence-corrected chi connectivity index (χ1v) is 9.66. The topological polar surface area (TPSA) is 88.7 Å². The van der Waals surface area contributed by atoms with Gasteiger partial charge in [-0.3, -0.25) is 14.9 Å². The predicted molar refractivity (Wildman–Crippen MR) is 117 cm³/mol. The second-order valence-electron chi connectivity index (χ2n) is 6.05. The number of hydrogen-bond donors (Lipinski definition) is 3. The molecule has 0 unspecified atom stereocenters. The molecule has 0 aliphatic carbocycles. The lowest BCUT2D eigenvalue weighted by Crippen LogP contribution is -2.34. The zero-order valence-electron chi connectivity index (χ0n) is 16.5. The fourth-order valence-electron chi connectivity index (χ4n) is 2.47. The quantitative estimate of drug-likeness (QED) is 0.431. The van der Waals surface area contributed by atoms with Crippen LogP contribution in [0.5, 0.6) is 5.75 Å². The van der Waals surface area contributed by atoms with Crippen molar-refractivity contribution in [2.45, 2.75) is 13.3 Å². The second-order valence-corrected chi connectivity index (χ2v) is 6.46. The zero-order valence-corrected chi connectivity index (χ0v) is 17.3. The summed E-state index contributed by atoms with van der Waals surface area (Å²) >= 11 is 5.21. The first-order chi connectivity index (χ1) is 14.0. The molecule has 2 rings (SSSR count). The summed E-state index contributed by atoms with van der Waals surface area (Å²) in [6.45, 7) is 3.57. The first kappa shape index (κ1) is 22.3. The van der Waals surface area contributed by atoms with Crippen molar-refractivity contribution in [2.24, 2.45) is 0 Å². The molecule has 2 aromatic rings. The lowest BCUT2D eigenvalue weighted by Gasteiger charge is -2.11. The van der Waals surface area contributed by atoms with E-state index in [1.807, 2.05) is 6.92 Å². The molecule has 0 saturated heterocycles. The molecule has 8 heteroatoms. The maximum atomic E-state index is 12.3. The van der Waals surface area contributed by atoms with Crippen LogP contribution in [-0.2, 0) is 4.74 Å². The summed E-state index contributed by atoms with van der Waals surface area (Å²) in [5.74, 6) is 0.175. The van der Waals surface area contributed by atoms with Crippen LogP contribution >= 0.6 is 12.2 Å². The van der Waals surface area contributed by atoms with Crippen LogP contribution in [0.2, 0.25) is 0 Å². The normalized spacial score (nSPS) is 10.1. The molecule has 29 heavy (non-hydrogen) atoms. The fraction of sp³-hybridized carbons (Fsp3) is 0.286. The highest BCUT2D eigenvalue weighted by atomic mass is 32.1. The third kappa shape index (κ3) is 7.52. The number of ether oxygens (including phenoxy) is 2. The first-order valence-electron chi connectivity index (χ1n) is 9.26. The van der Waals surface area contributed by atoms with Gasteiger partial charge in [0, 0.05) is 37.1 Å². The summed E-state index contributed by atoms with van der Waals surface area (Å²) in [7, 11) is 1.62. The van der Waals surface area contributed by atoms with Crippen molar-refractivity contribution in [2.75, 3.05) is 32.2 Å². The van der Waals surface area contributed by atoms with Crippen LogP contribution in [0.4, 0.5) is 5.69 Å². The Morgan fingerprint density at radius 3 is 2.48 bits per heavy atom. The van der Waals surface area contributed by atoms with Crippen LogP contribution in [-0.4, -0.2) is 43.8 Å². The Morgan fingerprint density at radius 1 is 1.03 bits per heavy atom. The van der Waals surface area contributed by atoms with Crippen molar-refractivity contribution in [3.63, 3.8) is 0 Å². The molecule has 0 aliphatic heterocycles. The number of benzene rings is 2. The van der Waals surface area contributed by atoms with Crippen LogP contribution in [0.3, 0.4) is 0 Å². The zero-order chi connectivity index (χ0) is 21.1. The monoisotopic (exact) mass is 415 g/mol. The fourth-order valence-corrected chi connectivity index (χ4v) is 2.68. The highest BCUT2D eigenvalue weighted by molar-refractivity contribution is 7.80. The minimum Gasteiger partial charge on any atom is -0.494 e. The average molecular weight is 416 g/mol. The SMILES string of the molecule is CCOc1ccc(C(=O)NC(=S)Nc2cccc(C(=O)NCCCOC)c2)cc1. The number of rotatable bonds is 9. The highest BCUT2D eigenvalue weighted by Crippen LogP contribution is 2.13. The summed E-state index contributed by atoms with van der Waals surface area (Å²) in [4.78, 5) is 24.5. The van der Waals surface area contributed by atoms with Gasteiger partial charge < -0.3 is 20.1 Å². The van der Waals surface area contributed by atoms with Crippen LogP contribution in [0, 0.1) is 0 Å². The molecular formula is C21H25N3O4S. The second kappa shape index (κ2) is 11.8. The molecule has 0 atom stereocenters. The Kier molecular flexibility index (Phi) is 9.07. The smallest absolute Gasteiger partial charge is 0.257 e. The summed E-state index contributed by atoms with van der Waals surface area (Å²) in [6, 6.07) is 13.7. The predicted octanol–water partition coefficient (Wildman–Crippen LogP) is 2.98. The lowest BCUT2D eigenvalue weighted by atomic mass is 10.2. The number of carbonyl (C=O) groups excluding carboxylic acids is 2. The molecule has 3 N–H and O–H groups in total. The standard InChI is InChI=1S/C21H25N3O4S/c1-3-28-18-10-8-15(9-11-18)20(26)24-21(29)23-17-7-4-6-16(14-17)19(25)22-12-5-13-27-2/h4,6-11,14H,3,5,12-13H2,1-2H3,(H,22,25)(H2,23,24,26,29). The summed E-state index contributed by atoms with van der Waals surface area (Å²) in [5, 5.41) is 8.50. The Hall–Kier alpha value is -2.97. The molecule has 154 valence electrons. The van der Waals surface area contributed by atoms with Gasteiger partial charge in [0.25, 0.3) is 11.8 Å². The Balaban J connectivity index is 1.89. The molecule has 0 radical (unpaired) electrons. The van der Waals surface area contributed by atoms with E-state index in [1.165, 1.54) is 0 Å². The van der Waals surface area contributed by atoms with E-state index >= 15 is 0 Å². The summed E-state index contributed by atoms with van der Waals surface area (Å²) in [6.07, 6.45) is 0.738. The van der Waals surface area contributed by atoms with E-state index < -0.39 is 0 Å². The van der Waals surface area contributed by atoms with E-state index in [0.717, 1.165) is 6.42 Å². The van der Waals surface area contributed by atoms with Crippen molar-refractivity contribution in [3.8, 4) is 5.75 Å². The van der Waals surface area contributed by atoms with Crippen LogP contribution in [0.1, 0.15) is 34.1 Å². The maximum absolute atomic E-state index is 12.3. The van der Waals surface area contributed by atoms with Gasteiger partial charge in [0.05, 0.1) is 6.61 Å². The average Bonchev–Trinajstić information content (AvgIpc) is 2.72. The van der Waals surface area contributed by atoms with Gasteiger partial charge in [0.1, 0.15) is 5.75 Å². The number of thiocarbonyl (C=S) groups is 1. The number of nitrogens with one attached hydrogen (secondary N) is 3. The van der Waals surface area contributed by atoms with E-state index in [2.05, 4.69) is 16.0 Å². The Labute approximate surface area is 175 Å². The van der Waals surface area contributed by atoms with Gasteiger partial charge in [-0.15, -0.1) is 0 Å². The summed E-state index contributed by atoms with van der Waals surface area (Å²) in [5.41, 5.74) is 1.56. The number of amides is 2. The number of methoxy groups -OCH3 is 1. The van der Waals surface area contributed by atoms with Crippen LogP contribution < -0.4 is 20.7 Å². The lowest BCUT2D eigenvalue weighted by molar-refractivity contribution is 0.0946. The number of carbonyl (C=O) groups is 2. The van der Waals surface area contributed by atoms with Crippen LogP contribution in [0.15, 0.2) is 48.5 Å². The molecule has 2 amide bonds. The molecular weight excluding hydrogens is 390 g/mol. The Bertz CT molecular complexity index is 840. The van der Waals surface area contributed by atoms with Gasteiger partial charge in [0.15, 0.2) is 5.11 Å². The molecule has 0 fully saturated rings. The van der Waals surface area contributed by atoms with Gasteiger partial charge >= 0.3 is 0 Å². The van der Waals surface area contributed by atoms with Crippen molar-refractivity contribution in [1.82, 2.24) is 10.6 Å². The molecule has 2 aromatic carbocycles. The van der Waals surface area contributed by atoms with Gasteiger partial charge in [-0.25, -0.2) is 0 Å². The summed E-state index contributed by atoms with van der Waals surface area (Å²) < 4.78 is 10.3. The minimum atomic E-state index is -0.336. The van der Waals surface area contributed by atoms with E-state index in [-0.39, 0.29) is 16.9 Å².